The molecule has 1 N–H and O–H groups in total. The summed E-state index contributed by atoms with van der Waals surface area (Å²) in [5.41, 5.74) is 0. The van der Waals surface area contributed by atoms with Gasteiger partial charge in [-0.2, -0.15) is 0 Å². The van der Waals surface area contributed by atoms with Crippen LogP contribution in [0.15, 0.2) is 0 Å². The smallest absolute Gasteiger partial charge is 0.0166 e. The van der Waals surface area contributed by atoms with E-state index in [4.69, 9.17) is 0 Å². The fraction of sp³-hybridized carbons (Fsp3) is 1.00. The van der Waals surface area contributed by atoms with Crippen LogP contribution in [0.2, 0.25) is 0 Å². The van der Waals surface area contributed by atoms with Crippen molar-refractivity contribution in [2.75, 3.05) is 27.2 Å². The molecule has 0 fully saturated rings. The van der Waals surface area contributed by atoms with Crippen LogP contribution in [-0.2, 0) is 0 Å². The number of rotatable bonds is 6. The predicted molar refractivity (Wildman–Crippen MR) is 50.9 cm³/mol. The molecule has 2 heteroatoms. The molecule has 0 bridgehead atoms. The minimum Gasteiger partial charge on any atom is -0.313 e. The molecule has 1 atom stereocenters. The molecular formula is C9H22N2. The first-order valence-corrected chi connectivity index (χ1v) is 4.55. The number of nitrogens with zero attached hydrogens (tertiary/aromatic N) is 1. The monoisotopic (exact) mass is 158 g/mol. The molecule has 0 aromatic heterocycles. The van der Waals surface area contributed by atoms with Crippen molar-refractivity contribution in [3.8, 4) is 0 Å². The second kappa shape index (κ2) is 6.62. The van der Waals surface area contributed by atoms with Crippen molar-refractivity contribution in [1.29, 1.82) is 0 Å². The van der Waals surface area contributed by atoms with Crippen LogP contribution in [0.3, 0.4) is 0 Å². The summed E-state index contributed by atoms with van der Waals surface area (Å²) in [7, 11) is 4.22. The molecule has 0 aliphatic rings. The maximum Gasteiger partial charge on any atom is 0.0166 e. The van der Waals surface area contributed by atoms with Gasteiger partial charge < -0.3 is 10.2 Å². The van der Waals surface area contributed by atoms with Gasteiger partial charge in [-0.15, -0.1) is 0 Å². The molecule has 0 heterocycles. The molecule has 0 rings (SSSR count). The van der Waals surface area contributed by atoms with Crippen LogP contribution in [0.4, 0.5) is 0 Å². The maximum atomic E-state index is 3.47. The Morgan fingerprint density at radius 3 is 2.45 bits per heavy atom. The lowest BCUT2D eigenvalue weighted by Gasteiger charge is -2.17. The van der Waals surface area contributed by atoms with Crippen molar-refractivity contribution in [3.05, 3.63) is 0 Å². The summed E-state index contributed by atoms with van der Waals surface area (Å²) in [5.74, 6) is 0. The second-order valence-electron chi connectivity index (χ2n) is 3.47. The normalized spacial score (nSPS) is 13.9. The van der Waals surface area contributed by atoms with Gasteiger partial charge in [-0.3, -0.25) is 0 Å². The van der Waals surface area contributed by atoms with E-state index in [1.54, 1.807) is 0 Å². The van der Waals surface area contributed by atoms with Crippen LogP contribution in [0.1, 0.15) is 26.7 Å². The Labute approximate surface area is 71.0 Å². The van der Waals surface area contributed by atoms with Gasteiger partial charge in [-0.25, -0.2) is 0 Å². The molecule has 0 spiro atoms. The third-order valence-corrected chi connectivity index (χ3v) is 1.66. The quantitative estimate of drug-likeness (QED) is 0.587. The molecule has 68 valence electrons. The first kappa shape index (κ1) is 10.9. The summed E-state index contributed by atoms with van der Waals surface area (Å²) < 4.78 is 0. The van der Waals surface area contributed by atoms with Crippen molar-refractivity contribution in [2.45, 2.75) is 32.7 Å². The van der Waals surface area contributed by atoms with E-state index in [9.17, 15) is 0 Å². The van der Waals surface area contributed by atoms with E-state index in [1.807, 2.05) is 0 Å². The number of unbranched alkanes of at least 4 members (excludes halogenated alkanes) is 1. The predicted octanol–water partition coefficient (Wildman–Crippen LogP) is 1.33. The minimum atomic E-state index is 0.622. The second-order valence-corrected chi connectivity index (χ2v) is 3.47. The highest BCUT2D eigenvalue weighted by molar-refractivity contribution is 4.62. The Morgan fingerprint density at radius 1 is 1.36 bits per heavy atom. The first-order chi connectivity index (χ1) is 5.16. The van der Waals surface area contributed by atoms with Crippen molar-refractivity contribution in [3.63, 3.8) is 0 Å². The zero-order valence-electron chi connectivity index (χ0n) is 8.35. The zero-order valence-corrected chi connectivity index (χ0v) is 8.35. The number of likely N-dealkylation sites (N-methyl/N-ethyl adjacent to an activating group) is 1. The molecular weight excluding hydrogens is 136 g/mol. The molecule has 0 radical (unpaired) electrons. The number of hydrogen-bond acceptors (Lipinski definition) is 2. The average Bonchev–Trinajstić information content (AvgIpc) is 1.86. The highest BCUT2D eigenvalue weighted by Gasteiger charge is 2.00. The molecule has 2 nitrogen and oxygen atoms in total. The molecule has 0 aromatic carbocycles. The summed E-state index contributed by atoms with van der Waals surface area (Å²) >= 11 is 0. The lowest BCUT2D eigenvalue weighted by Crippen LogP contribution is -2.36. The minimum absolute atomic E-state index is 0.622. The van der Waals surface area contributed by atoms with E-state index in [0.717, 1.165) is 13.1 Å². The number of hydrogen-bond donors (Lipinski definition) is 1. The highest BCUT2D eigenvalue weighted by atomic mass is 15.1. The lowest BCUT2D eigenvalue weighted by atomic mass is 10.3. The maximum absolute atomic E-state index is 3.47. The van der Waals surface area contributed by atoms with Crippen LogP contribution in [0, 0.1) is 0 Å². The van der Waals surface area contributed by atoms with Gasteiger partial charge >= 0.3 is 0 Å². The third kappa shape index (κ3) is 7.82. The SMILES string of the molecule is CCCCNC(C)CN(C)C. The van der Waals surface area contributed by atoms with Gasteiger partial charge in [-0.1, -0.05) is 13.3 Å². The van der Waals surface area contributed by atoms with Crippen molar-refractivity contribution < 1.29 is 0 Å². The van der Waals surface area contributed by atoms with Crippen LogP contribution >= 0.6 is 0 Å². The lowest BCUT2D eigenvalue weighted by molar-refractivity contribution is 0.349. The zero-order chi connectivity index (χ0) is 8.69. The van der Waals surface area contributed by atoms with Crippen LogP contribution in [0.25, 0.3) is 0 Å². The van der Waals surface area contributed by atoms with Gasteiger partial charge in [0.1, 0.15) is 0 Å². The summed E-state index contributed by atoms with van der Waals surface area (Å²) in [6.45, 7) is 6.74. The summed E-state index contributed by atoms with van der Waals surface area (Å²) in [4.78, 5) is 2.21. The Morgan fingerprint density at radius 2 is 2.00 bits per heavy atom. The Bertz CT molecular complexity index is 81.6. The summed E-state index contributed by atoms with van der Waals surface area (Å²) in [6, 6.07) is 0.622. The fourth-order valence-corrected chi connectivity index (χ4v) is 1.14. The van der Waals surface area contributed by atoms with Crippen molar-refractivity contribution in [2.24, 2.45) is 0 Å². The molecule has 0 aliphatic heterocycles. The molecule has 0 aromatic rings. The standard InChI is InChI=1S/C9H22N2/c1-5-6-7-10-9(2)8-11(3)4/h9-10H,5-8H2,1-4H3. The van der Waals surface area contributed by atoms with Crippen LogP contribution < -0.4 is 5.32 Å². The summed E-state index contributed by atoms with van der Waals surface area (Å²) in [6.07, 6.45) is 2.57. The van der Waals surface area contributed by atoms with E-state index in [1.165, 1.54) is 12.8 Å². The van der Waals surface area contributed by atoms with Gasteiger partial charge in [0.05, 0.1) is 0 Å². The molecule has 0 amide bonds. The van der Waals surface area contributed by atoms with E-state index >= 15 is 0 Å². The van der Waals surface area contributed by atoms with Gasteiger partial charge in [0.25, 0.3) is 0 Å². The average molecular weight is 158 g/mol. The largest absolute Gasteiger partial charge is 0.313 e. The Kier molecular flexibility index (Phi) is 6.57. The molecule has 0 saturated carbocycles. The fourth-order valence-electron chi connectivity index (χ4n) is 1.14. The first-order valence-electron chi connectivity index (χ1n) is 4.55. The van der Waals surface area contributed by atoms with Gasteiger partial charge in [-0.05, 0) is 34.0 Å². The molecule has 11 heavy (non-hydrogen) atoms. The molecule has 1 unspecified atom stereocenters. The summed E-state index contributed by atoms with van der Waals surface area (Å²) in [5, 5.41) is 3.47. The van der Waals surface area contributed by atoms with Crippen LogP contribution in [0.5, 0.6) is 0 Å². The topological polar surface area (TPSA) is 15.3 Å². The van der Waals surface area contributed by atoms with Gasteiger partial charge in [0.2, 0.25) is 0 Å². The van der Waals surface area contributed by atoms with E-state index in [-0.39, 0.29) is 0 Å². The third-order valence-electron chi connectivity index (χ3n) is 1.66. The molecule has 0 saturated heterocycles. The Hall–Kier alpha value is -0.0800. The number of nitrogens with one attached hydrogen (secondary N) is 1. The van der Waals surface area contributed by atoms with Gasteiger partial charge in [0, 0.05) is 12.6 Å². The highest BCUT2D eigenvalue weighted by Crippen LogP contribution is 1.87. The van der Waals surface area contributed by atoms with E-state index in [0.29, 0.717) is 6.04 Å². The van der Waals surface area contributed by atoms with Crippen molar-refractivity contribution in [1.82, 2.24) is 10.2 Å². The Balaban J connectivity index is 3.15. The van der Waals surface area contributed by atoms with Crippen molar-refractivity contribution >= 4 is 0 Å². The molecule has 0 aliphatic carbocycles. The van der Waals surface area contributed by atoms with Crippen LogP contribution in [-0.4, -0.2) is 38.1 Å². The van der Waals surface area contributed by atoms with E-state index < -0.39 is 0 Å². The van der Waals surface area contributed by atoms with Gasteiger partial charge in [0.15, 0.2) is 0 Å². The van der Waals surface area contributed by atoms with E-state index in [2.05, 4.69) is 38.2 Å².